The predicted molar refractivity (Wildman–Crippen MR) is 91.6 cm³/mol. The van der Waals surface area contributed by atoms with Crippen molar-refractivity contribution in [2.24, 2.45) is 11.8 Å². The molecular formula is C18H27N3O2. The number of amides is 1. The van der Waals surface area contributed by atoms with E-state index in [1.54, 1.807) is 0 Å². The van der Waals surface area contributed by atoms with Gasteiger partial charge in [0.25, 0.3) is 5.91 Å². The van der Waals surface area contributed by atoms with Crippen molar-refractivity contribution in [1.82, 2.24) is 9.80 Å². The number of benzene rings is 1. The Morgan fingerprint density at radius 2 is 1.87 bits per heavy atom. The first-order valence-corrected chi connectivity index (χ1v) is 8.41. The lowest BCUT2D eigenvalue weighted by Crippen LogP contribution is -2.46. The number of rotatable bonds is 3. The molecule has 0 bridgehead atoms. The van der Waals surface area contributed by atoms with Crippen molar-refractivity contribution in [3.8, 4) is 0 Å². The summed E-state index contributed by atoms with van der Waals surface area (Å²) in [5.41, 5.74) is 1.61. The highest BCUT2D eigenvalue weighted by Crippen LogP contribution is 2.38. The smallest absolute Gasteiger partial charge is 0.255 e. The van der Waals surface area contributed by atoms with Crippen molar-refractivity contribution < 1.29 is 9.90 Å². The molecule has 23 heavy (non-hydrogen) atoms. The number of nitrogens with zero attached hydrogens (tertiary/aromatic N) is 2. The third-order valence-corrected chi connectivity index (χ3v) is 5.49. The van der Waals surface area contributed by atoms with Crippen LogP contribution in [0.5, 0.6) is 0 Å². The monoisotopic (exact) mass is 317 g/mol. The third kappa shape index (κ3) is 3.08. The van der Waals surface area contributed by atoms with Crippen LogP contribution in [0.25, 0.3) is 0 Å². The lowest BCUT2D eigenvalue weighted by atomic mass is 9.77. The number of carbonyl (C=O) groups excluding carboxylic acids is 1. The van der Waals surface area contributed by atoms with Crippen molar-refractivity contribution in [2.45, 2.75) is 25.0 Å². The molecule has 2 aliphatic rings. The van der Waals surface area contributed by atoms with Crippen molar-refractivity contribution in [1.29, 1.82) is 0 Å². The van der Waals surface area contributed by atoms with E-state index in [1.165, 1.54) is 0 Å². The van der Waals surface area contributed by atoms with Gasteiger partial charge in [0, 0.05) is 31.9 Å². The number of hydrogen-bond acceptors (Lipinski definition) is 4. The van der Waals surface area contributed by atoms with Crippen LogP contribution in [-0.2, 0) is 0 Å². The SMILES string of the molecule is CNc1ccccc1C(=O)N1C[C@H]2C[C@@H](N(C)C)[C@H](O)C[C@H]2C1. The highest BCUT2D eigenvalue weighted by atomic mass is 16.3. The van der Waals surface area contributed by atoms with Crippen molar-refractivity contribution in [3.63, 3.8) is 0 Å². The average Bonchev–Trinajstić information content (AvgIpc) is 2.95. The number of likely N-dealkylation sites (N-methyl/N-ethyl adjacent to an activating group) is 1. The molecule has 1 aliphatic heterocycles. The number of hydrogen-bond donors (Lipinski definition) is 2. The van der Waals surface area contributed by atoms with Gasteiger partial charge in [-0.25, -0.2) is 0 Å². The molecule has 1 aromatic carbocycles. The second-order valence-corrected chi connectivity index (χ2v) is 7.10. The molecule has 5 nitrogen and oxygen atoms in total. The van der Waals surface area contributed by atoms with E-state index in [0.29, 0.717) is 11.8 Å². The van der Waals surface area contributed by atoms with Gasteiger partial charge >= 0.3 is 0 Å². The zero-order chi connectivity index (χ0) is 16.6. The Bertz CT molecular complexity index is 575. The number of para-hydroxylation sites is 1. The van der Waals surface area contributed by atoms with Crippen LogP contribution in [0.4, 0.5) is 5.69 Å². The number of aliphatic hydroxyl groups is 1. The van der Waals surface area contributed by atoms with Crippen LogP contribution in [0, 0.1) is 11.8 Å². The fourth-order valence-electron chi connectivity index (χ4n) is 4.19. The van der Waals surface area contributed by atoms with E-state index in [2.05, 4.69) is 10.2 Å². The number of nitrogens with one attached hydrogen (secondary N) is 1. The zero-order valence-corrected chi connectivity index (χ0v) is 14.2. The Morgan fingerprint density at radius 3 is 2.52 bits per heavy atom. The summed E-state index contributed by atoms with van der Waals surface area (Å²) in [6, 6.07) is 7.86. The summed E-state index contributed by atoms with van der Waals surface area (Å²) >= 11 is 0. The van der Waals surface area contributed by atoms with E-state index >= 15 is 0 Å². The molecule has 1 aliphatic carbocycles. The van der Waals surface area contributed by atoms with E-state index in [1.807, 2.05) is 50.3 Å². The molecule has 1 saturated heterocycles. The van der Waals surface area contributed by atoms with Crippen LogP contribution in [0.1, 0.15) is 23.2 Å². The molecule has 4 atom stereocenters. The van der Waals surface area contributed by atoms with Gasteiger partial charge < -0.3 is 20.2 Å². The van der Waals surface area contributed by atoms with Crippen LogP contribution in [-0.4, -0.2) is 67.2 Å². The van der Waals surface area contributed by atoms with Crippen LogP contribution in [0.3, 0.4) is 0 Å². The van der Waals surface area contributed by atoms with Crippen LogP contribution in [0.2, 0.25) is 0 Å². The molecule has 0 unspecified atom stereocenters. The highest BCUT2D eigenvalue weighted by molar-refractivity contribution is 5.99. The molecule has 126 valence electrons. The average molecular weight is 317 g/mol. The molecule has 2 N–H and O–H groups in total. The van der Waals surface area contributed by atoms with Gasteiger partial charge in [-0.05, 0) is 50.9 Å². The van der Waals surface area contributed by atoms with Gasteiger partial charge in [-0.3, -0.25) is 4.79 Å². The molecule has 1 amide bonds. The third-order valence-electron chi connectivity index (χ3n) is 5.49. The fourth-order valence-corrected chi connectivity index (χ4v) is 4.19. The van der Waals surface area contributed by atoms with Gasteiger partial charge in [-0.2, -0.15) is 0 Å². The van der Waals surface area contributed by atoms with Gasteiger partial charge in [0.2, 0.25) is 0 Å². The minimum Gasteiger partial charge on any atom is -0.391 e. The number of likely N-dealkylation sites (tertiary alicyclic amines) is 1. The molecule has 3 rings (SSSR count). The Kier molecular flexibility index (Phi) is 4.60. The normalized spacial score (nSPS) is 30.4. The van der Waals surface area contributed by atoms with E-state index in [-0.39, 0.29) is 18.1 Å². The summed E-state index contributed by atoms with van der Waals surface area (Å²) in [4.78, 5) is 17.0. The van der Waals surface area contributed by atoms with Gasteiger partial charge in [0.1, 0.15) is 0 Å². The highest BCUT2D eigenvalue weighted by Gasteiger charge is 2.43. The van der Waals surface area contributed by atoms with Crippen molar-refractivity contribution in [3.05, 3.63) is 29.8 Å². The first-order valence-electron chi connectivity index (χ1n) is 8.41. The topological polar surface area (TPSA) is 55.8 Å². The minimum absolute atomic E-state index is 0.0974. The number of anilines is 1. The molecule has 1 saturated carbocycles. The Labute approximate surface area is 138 Å². The van der Waals surface area contributed by atoms with E-state index in [9.17, 15) is 9.90 Å². The zero-order valence-electron chi connectivity index (χ0n) is 14.2. The molecule has 1 heterocycles. The largest absolute Gasteiger partial charge is 0.391 e. The summed E-state index contributed by atoms with van der Waals surface area (Å²) in [5.74, 6) is 1.02. The predicted octanol–water partition coefficient (Wildman–Crippen LogP) is 1.50. The maximum atomic E-state index is 12.9. The van der Waals surface area contributed by atoms with Crippen molar-refractivity contribution in [2.75, 3.05) is 39.5 Å². The maximum Gasteiger partial charge on any atom is 0.255 e. The quantitative estimate of drug-likeness (QED) is 0.887. The minimum atomic E-state index is -0.286. The lowest BCUT2D eigenvalue weighted by molar-refractivity contribution is 0.00940. The van der Waals surface area contributed by atoms with E-state index in [4.69, 9.17) is 0 Å². The summed E-state index contributed by atoms with van der Waals surface area (Å²) in [6.07, 6.45) is 1.48. The Balaban J connectivity index is 1.73. The first kappa shape index (κ1) is 16.3. The molecule has 0 radical (unpaired) electrons. The molecule has 5 heteroatoms. The van der Waals surface area contributed by atoms with Crippen LogP contribution < -0.4 is 5.32 Å². The van der Waals surface area contributed by atoms with Crippen molar-refractivity contribution >= 4 is 11.6 Å². The number of aliphatic hydroxyl groups excluding tert-OH is 1. The molecule has 0 aromatic heterocycles. The van der Waals surface area contributed by atoms with Gasteiger partial charge in [0.15, 0.2) is 0 Å². The molecule has 2 fully saturated rings. The standard InChI is InChI=1S/C18H27N3O2/c1-19-15-7-5-4-6-14(15)18(23)21-10-12-8-16(20(2)3)17(22)9-13(12)11-21/h4-7,12-13,16-17,19,22H,8-11H2,1-3H3/t12-,13+,16-,17-/m1/s1. The first-order chi connectivity index (χ1) is 11.0. The Hall–Kier alpha value is -1.59. The summed E-state index contributed by atoms with van der Waals surface area (Å²) in [7, 11) is 5.89. The van der Waals surface area contributed by atoms with Gasteiger partial charge in [-0.1, -0.05) is 12.1 Å². The summed E-state index contributed by atoms with van der Waals surface area (Å²) in [5, 5.41) is 13.5. The molecule has 1 aromatic rings. The van der Waals surface area contributed by atoms with Crippen LogP contribution in [0.15, 0.2) is 24.3 Å². The second-order valence-electron chi connectivity index (χ2n) is 7.10. The second kappa shape index (κ2) is 6.49. The summed E-state index contributed by atoms with van der Waals surface area (Å²) < 4.78 is 0. The molecular weight excluding hydrogens is 290 g/mol. The number of carbonyl (C=O) groups is 1. The number of fused-ring (bicyclic) bond motifs is 1. The fraction of sp³-hybridized carbons (Fsp3) is 0.611. The summed E-state index contributed by atoms with van der Waals surface area (Å²) in [6.45, 7) is 1.57. The van der Waals surface area contributed by atoms with E-state index in [0.717, 1.165) is 37.2 Å². The molecule has 0 spiro atoms. The van der Waals surface area contributed by atoms with Crippen LogP contribution >= 0.6 is 0 Å². The van der Waals surface area contributed by atoms with Gasteiger partial charge in [-0.15, -0.1) is 0 Å². The van der Waals surface area contributed by atoms with Gasteiger partial charge in [0.05, 0.1) is 11.7 Å². The Morgan fingerprint density at radius 1 is 1.22 bits per heavy atom. The maximum absolute atomic E-state index is 12.9. The van der Waals surface area contributed by atoms with E-state index < -0.39 is 0 Å². The lowest BCUT2D eigenvalue weighted by Gasteiger charge is -2.38.